The number of amides is 1. The quantitative estimate of drug-likeness (QED) is 0.573. The standard InChI is InChI=1S/C11H12Cl3NO3/c12-8-3-1-7(2-4-8)11(18,5-6-16)15-10(17)9(13)14/h1-4,9,16,18H,5-6H2,(H,15,17). The summed E-state index contributed by atoms with van der Waals surface area (Å²) in [6, 6.07) is 6.19. The second-order valence-electron chi connectivity index (χ2n) is 3.63. The molecule has 4 nitrogen and oxygen atoms in total. The minimum atomic E-state index is -1.74. The smallest absolute Gasteiger partial charge is 0.255 e. The summed E-state index contributed by atoms with van der Waals surface area (Å²) in [4.78, 5) is 10.1. The third-order valence-electron chi connectivity index (χ3n) is 2.32. The zero-order valence-corrected chi connectivity index (χ0v) is 11.5. The first kappa shape index (κ1) is 15.5. The van der Waals surface area contributed by atoms with Crippen LogP contribution in [0, 0.1) is 0 Å². The fourth-order valence-corrected chi connectivity index (χ4v) is 1.66. The van der Waals surface area contributed by atoms with Crippen LogP contribution in [0.15, 0.2) is 24.3 Å². The Kier molecular flexibility index (Phi) is 5.69. The summed E-state index contributed by atoms with van der Waals surface area (Å²) >= 11 is 16.5. The molecule has 1 rings (SSSR count). The second-order valence-corrected chi connectivity index (χ2v) is 5.16. The normalized spacial score (nSPS) is 14.3. The highest BCUT2D eigenvalue weighted by molar-refractivity contribution is 6.53. The molecule has 18 heavy (non-hydrogen) atoms. The van der Waals surface area contributed by atoms with Gasteiger partial charge in [0.05, 0.1) is 0 Å². The van der Waals surface area contributed by atoms with Crippen molar-refractivity contribution in [1.29, 1.82) is 0 Å². The predicted octanol–water partition coefficient (Wildman–Crippen LogP) is 1.79. The van der Waals surface area contributed by atoms with Crippen LogP contribution in [-0.2, 0) is 10.5 Å². The molecule has 0 aliphatic heterocycles. The molecule has 7 heteroatoms. The van der Waals surface area contributed by atoms with E-state index >= 15 is 0 Å². The van der Waals surface area contributed by atoms with E-state index in [2.05, 4.69) is 5.32 Å². The molecule has 0 aromatic heterocycles. The lowest BCUT2D eigenvalue weighted by Gasteiger charge is -2.29. The van der Waals surface area contributed by atoms with Gasteiger partial charge in [-0.2, -0.15) is 0 Å². The maximum Gasteiger partial charge on any atom is 0.255 e. The average molecular weight is 313 g/mol. The lowest BCUT2D eigenvalue weighted by atomic mass is 9.99. The van der Waals surface area contributed by atoms with Crippen LogP contribution in [0.5, 0.6) is 0 Å². The topological polar surface area (TPSA) is 69.6 Å². The van der Waals surface area contributed by atoms with E-state index in [-0.39, 0.29) is 13.0 Å². The van der Waals surface area contributed by atoms with E-state index < -0.39 is 16.5 Å². The van der Waals surface area contributed by atoms with Gasteiger partial charge >= 0.3 is 0 Å². The first-order valence-corrected chi connectivity index (χ1v) is 6.33. The van der Waals surface area contributed by atoms with E-state index in [9.17, 15) is 9.90 Å². The Morgan fingerprint density at radius 1 is 1.33 bits per heavy atom. The van der Waals surface area contributed by atoms with Crippen molar-refractivity contribution >= 4 is 40.7 Å². The monoisotopic (exact) mass is 311 g/mol. The van der Waals surface area contributed by atoms with Crippen LogP contribution < -0.4 is 5.32 Å². The summed E-state index contributed by atoms with van der Waals surface area (Å²) < 4.78 is 0. The molecule has 1 atom stereocenters. The number of hydrogen-bond acceptors (Lipinski definition) is 3. The molecule has 0 radical (unpaired) electrons. The van der Waals surface area contributed by atoms with Gasteiger partial charge in [0.2, 0.25) is 0 Å². The number of hydrogen-bond donors (Lipinski definition) is 3. The third kappa shape index (κ3) is 4.00. The summed E-state index contributed by atoms with van der Waals surface area (Å²) in [6.45, 7) is -0.325. The lowest BCUT2D eigenvalue weighted by molar-refractivity contribution is -0.128. The molecule has 0 saturated carbocycles. The van der Waals surface area contributed by atoms with E-state index in [1.807, 2.05) is 0 Å². The van der Waals surface area contributed by atoms with Crippen molar-refractivity contribution in [1.82, 2.24) is 5.32 Å². The molecule has 0 fully saturated rings. The second kappa shape index (κ2) is 6.59. The number of aliphatic hydroxyl groups is 2. The maximum absolute atomic E-state index is 11.4. The van der Waals surface area contributed by atoms with Crippen molar-refractivity contribution < 1.29 is 15.0 Å². The van der Waals surface area contributed by atoms with Crippen LogP contribution in [0.4, 0.5) is 0 Å². The van der Waals surface area contributed by atoms with Crippen molar-refractivity contribution in [2.24, 2.45) is 0 Å². The molecule has 0 bridgehead atoms. The van der Waals surface area contributed by atoms with Crippen LogP contribution in [0.25, 0.3) is 0 Å². The minimum absolute atomic E-state index is 0.0964. The van der Waals surface area contributed by atoms with Gasteiger partial charge in [-0.15, -0.1) is 0 Å². The first-order valence-electron chi connectivity index (χ1n) is 5.08. The maximum atomic E-state index is 11.4. The number of nitrogens with one attached hydrogen (secondary N) is 1. The number of halogens is 3. The van der Waals surface area contributed by atoms with E-state index in [0.29, 0.717) is 10.6 Å². The summed E-state index contributed by atoms with van der Waals surface area (Å²) in [5.74, 6) is -0.746. The summed E-state index contributed by atoms with van der Waals surface area (Å²) in [6.07, 6.45) is -0.0964. The molecule has 3 N–H and O–H groups in total. The van der Waals surface area contributed by atoms with Crippen LogP contribution in [0.1, 0.15) is 12.0 Å². The van der Waals surface area contributed by atoms with Gasteiger partial charge in [-0.05, 0) is 12.1 Å². The van der Waals surface area contributed by atoms with E-state index in [1.54, 1.807) is 12.1 Å². The van der Waals surface area contributed by atoms with E-state index in [4.69, 9.17) is 39.9 Å². The van der Waals surface area contributed by atoms with Crippen LogP contribution in [0.2, 0.25) is 5.02 Å². The zero-order valence-electron chi connectivity index (χ0n) is 9.24. The van der Waals surface area contributed by atoms with Crippen LogP contribution in [0.3, 0.4) is 0 Å². The van der Waals surface area contributed by atoms with Crippen molar-refractivity contribution in [3.8, 4) is 0 Å². The van der Waals surface area contributed by atoms with Gasteiger partial charge in [0.15, 0.2) is 10.6 Å². The Balaban J connectivity index is 2.99. The molecular formula is C11H12Cl3NO3. The Morgan fingerprint density at radius 3 is 2.33 bits per heavy atom. The highest BCUT2D eigenvalue weighted by atomic mass is 35.5. The lowest BCUT2D eigenvalue weighted by Crippen LogP contribution is -2.48. The highest BCUT2D eigenvalue weighted by Gasteiger charge is 2.32. The minimum Gasteiger partial charge on any atom is -0.396 e. The molecule has 0 aliphatic carbocycles. The SMILES string of the molecule is O=C(NC(O)(CCO)c1ccc(Cl)cc1)C(Cl)Cl. The Morgan fingerprint density at radius 2 is 1.89 bits per heavy atom. The summed E-state index contributed by atoms with van der Waals surface area (Å²) in [5, 5.41) is 22.1. The summed E-state index contributed by atoms with van der Waals surface area (Å²) in [5.41, 5.74) is -1.36. The van der Waals surface area contributed by atoms with Gasteiger partial charge in [-0.1, -0.05) is 46.9 Å². The Hall–Kier alpha value is -0.520. The number of carbonyl (C=O) groups is 1. The molecule has 0 spiro atoms. The third-order valence-corrected chi connectivity index (χ3v) is 2.97. The van der Waals surface area contributed by atoms with Crippen LogP contribution >= 0.6 is 34.8 Å². The molecule has 0 saturated heterocycles. The number of aliphatic hydroxyl groups excluding tert-OH is 1. The van der Waals surface area contributed by atoms with Gasteiger partial charge < -0.3 is 15.5 Å². The number of carbonyl (C=O) groups excluding carboxylic acids is 1. The van der Waals surface area contributed by atoms with Crippen LogP contribution in [-0.4, -0.2) is 27.6 Å². The van der Waals surface area contributed by atoms with Crippen molar-refractivity contribution in [2.75, 3.05) is 6.61 Å². The number of alkyl halides is 2. The average Bonchev–Trinajstić information content (AvgIpc) is 2.29. The fraction of sp³-hybridized carbons (Fsp3) is 0.364. The fourth-order valence-electron chi connectivity index (χ4n) is 1.42. The molecule has 1 aromatic carbocycles. The molecule has 100 valence electrons. The Bertz CT molecular complexity index is 410. The van der Waals surface area contributed by atoms with E-state index in [0.717, 1.165) is 0 Å². The zero-order chi connectivity index (χ0) is 13.8. The number of rotatable bonds is 5. The van der Waals surface area contributed by atoms with Crippen molar-refractivity contribution in [2.45, 2.75) is 17.0 Å². The molecular weight excluding hydrogens is 300 g/mol. The highest BCUT2D eigenvalue weighted by Crippen LogP contribution is 2.24. The molecule has 0 heterocycles. The van der Waals surface area contributed by atoms with Crippen molar-refractivity contribution in [3.63, 3.8) is 0 Å². The first-order chi connectivity index (χ1) is 8.39. The Labute approximate surface area is 119 Å². The van der Waals surface area contributed by atoms with Gasteiger partial charge in [-0.3, -0.25) is 4.79 Å². The van der Waals surface area contributed by atoms with Gasteiger partial charge in [0.1, 0.15) is 0 Å². The molecule has 0 aliphatic rings. The predicted molar refractivity (Wildman–Crippen MR) is 70.7 cm³/mol. The molecule has 1 amide bonds. The number of benzene rings is 1. The largest absolute Gasteiger partial charge is 0.396 e. The molecule has 1 aromatic rings. The van der Waals surface area contributed by atoms with Crippen molar-refractivity contribution in [3.05, 3.63) is 34.9 Å². The molecule has 1 unspecified atom stereocenters. The summed E-state index contributed by atoms with van der Waals surface area (Å²) in [7, 11) is 0. The van der Waals surface area contributed by atoms with Gasteiger partial charge in [0.25, 0.3) is 5.91 Å². The van der Waals surface area contributed by atoms with Gasteiger partial charge in [0, 0.05) is 23.6 Å². The van der Waals surface area contributed by atoms with E-state index in [1.165, 1.54) is 12.1 Å². The van der Waals surface area contributed by atoms with Gasteiger partial charge in [-0.25, -0.2) is 0 Å².